The van der Waals surface area contributed by atoms with Crippen LogP contribution >= 0.6 is 0 Å². The summed E-state index contributed by atoms with van der Waals surface area (Å²) in [6, 6.07) is 0. The highest BCUT2D eigenvalue weighted by molar-refractivity contribution is 5.03. The molecule has 0 aromatic carbocycles. The molecule has 3 N–H and O–H groups in total. The Kier molecular flexibility index (Phi) is 6.04. The minimum atomic E-state index is 0.660. The molecule has 0 aliphatic heterocycles. The number of allylic oxidation sites excluding steroid dienone is 1. The maximum absolute atomic E-state index is 5.55. The van der Waals surface area contributed by atoms with Gasteiger partial charge in [0.25, 0.3) is 0 Å². The molecule has 0 aromatic rings. The third-order valence-corrected chi connectivity index (χ3v) is 3.97. The van der Waals surface area contributed by atoms with Crippen molar-refractivity contribution in [3.63, 3.8) is 0 Å². The van der Waals surface area contributed by atoms with E-state index in [1.165, 1.54) is 31.4 Å². The van der Waals surface area contributed by atoms with Gasteiger partial charge >= 0.3 is 0 Å². The van der Waals surface area contributed by atoms with Crippen LogP contribution in [0.5, 0.6) is 0 Å². The van der Waals surface area contributed by atoms with Crippen LogP contribution in [0.3, 0.4) is 0 Å². The van der Waals surface area contributed by atoms with Crippen molar-refractivity contribution in [3.8, 4) is 0 Å². The molecule has 0 bridgehead atoms. The molecule has 100 valence electrons. The highest BCUT2D eigenvalue weighted by Gasteiger charge is 2.30. The van der Waals surface area contributed by atoms with E-state index >= 15 is 0 Å². The van der Waals surface area contributed by atoms with E-state index in [0.717, 1.165) is 24.3 Å². The zero-order valence-corrected chi connectivity index (χ0v) is 11.8. The maximum Gasteiger partial charge on any atom is 0.0266 e. The lowest BCUT2D eigenvalue weighted by molar-refractivity contribution is 0.185. The fraction of sp³-hybridized carbons (Fsp3) is 0.867. The lowest BCUT2D eigenvalue weighted by Crippen LogP contribution is -2.33. The second kappa shape index (κ2) is 7.05. The normalized spacial score (nSPS) is 29.4. The molecule has 1 aliphatic carbocycles. The highest BCUT2D eigenvalue weighted by Crippen LogP contribution is 2.39. The summed E-state index contributed by atoms with van der Waals surface area (Å²) < 4.78 is 0. The molecule has 2 heteroatoms. The van der Waals surface area contributed by atoms with Gasteiger partial charge in [0.05, 0.1) is 0 Å². The quantitative estimate of drug-likeness (QED) is 0.746. The minimum absolute atomic E-state index is 0.660. The van der Waals surface area contributed by atoms with Gasteiger partial charge in [-0.05, 0) is 37.0 Å². The van der Waals surface area contributed by atoms with Gasteiger partial charge in [-0.3, -0.25) is 0 Å². The SMILES string of the molecule is C=C(NCCN)[C@@H]1C[C@H](C)CCC1CC(C)C. The Labute approximate surface area is 107 Å². The molecular weight excluding hydrogens is 208 g/mol. The van der Waals surface area contributed by atoms with Crippen LogP contribution in [0.2, 0.25) is 0 Å². The second-order valence-electron chi connectivity index (χ2n) is 6.16. The average molecular weight is 238 g/mol. The number of hydrogen-bond acceptors (Lipinski definition) is 2. The Hall–Kier alpha value is -0.500. The van der Waals surface area contributed by atoms with Gasteiger partial charge in [0.15, 0.2) is 0 Å². The van der Waals surface area contributed by atoms with Crippen LogP contribution < -0.4 is 11.1 Å². The molecule has 0 heterocycles. The van der Waals surface area contributed by atoms with Crippen molar-refractivity contribution in [1.82, 2.24) is 5.32 Å². The van der Waals surface area contributed by atoms with E-state index in [9.17, 15) is 0 Å². The second-order valence-corrected chi connectivity index (χ2v) is 6.16. The Bertz CT molecular complexity index is 235. The van der Waals surface area contributed by atoms with Crippen molar-refractivity contribution >= 4 is 0 Å². The molecule has 0 aromatic heterocycles. The molecule has 0 spiro atoms. The molecule has 0 amide bonds. The molecular formula is C15H30N2. The fourth-order valence-electron chi connectivity index (χ4n) is 3.12. The van der Waals surface area contributed by atoms with Crippen molar-refractivity contribution in [2.45, 2.75) is 46.5 Å². The van der Waals surface area contributed by atoms with E-state index in [4.69, 9.17) is 5.73 Å². The summed E-state index contributed by atoms with van der Waals surface area (Å²) in [5.74, 6) is 3.12. The lowest BCUT2D eigenvalue weighted by atomic mass is 9.70. The van der Waals surface area contributed by atoms with Crippen LogP contribution in [-0.2, 0) is 0 Å². The van der Waals surface area contributed by atoms with E-state index in [1.54, 1.807) is 0 Å². The molecule has 1 unspecified atom stereocenters. The third kappa shape index (κ3) is 4.71. The fourth-order valence-corrected chi connectivity index (χ4v) is 3.12. The van der Waals surface area contributed by atoms with Crippen LogP contribution in [0.4, 0.5) is 0 Å². The van der Waals surface area contributed by atoms with Crippen molar-refractivity contribution in [1.29, 1.82) is 0 Å². The zero-order valence-electron chi connectivity index (χ0n) is 11.8. The molecule has 3 atom stereocenters. The Morgan fingerprint density at radius 2 is 2.12 bits per heavy atom. The summed E-state index contributed by atoms with van der Waals surface area (Å²) in [6.07, 6.45) is 5.39. The number of rotatable bonds is 6. The standard InChI is InChI=1S/C15H30N2/c1-11(2)9-14-6-5-12(3)10-15(14)13(4)17-8-7-16/h11-12,14-15,17H,4-10,16H2,1-3H3/t12-,14?,15+/m1/s1. The van der Waals surface area contributed by atoms with Crippen LogP contribution in [0.15, 0.2) is 12.3 Å². The Morgan fingerprint density at radius 1 is 1.41 bits per heavy atom. The molecule has 1 aliphatic rings. The molecule has 1 rings (SSSR count). The van der Waals surface area contributed by atoms with Crippen LogP contribution in [0.1, 0.15) is 46.5 Å². The smallest absolute Gasteiger partial charge is 0.0266 e. The predicted octanol–water partition coefficient (Wildman–Crippen LogP) is 3.15. The number of nitrogens with two attached hydrogens (primary N) is 1. The van der Waals surface area contributed by atoms with Gasteiger partial charge in [-0.2, -0.15) is 0 Å². The van der Waals surface area contributed by atoms with Gasteiger partial charge in [0.1, 0.15) is 0 Å². The van der Waals surface area contributed by atoms with Gasteiger partial charge in [-0.25, -0.2) is 0 Å². The minimum Gasteiger partial charge on any atom is -0.387 e. The first-order valence-corrected chi connectivity index (χ1v) is 7.17. The topological polar surface area (TPSA) is 38.0 Å². The van der Waals surface area contributed by atoms with E-state index in [1.807, 2.05) is 0 Å². The summed E-state index contributed by atoms with van der Waals surface area (Å²) >= 11 is 0. The van der Waals surface area contributed by atoms with Crippen molar-refractivity contribution in [2.24, 2.45) is 29.4 Å². The van der Waals surface area contributed by atoms with Crippen LogP contribution in [0, 0.1) is 23.7 Å². The molecule has 2 nitrogen and oxygen atoms in total. The predicted molar refractivity (Wildman–Crippen MR) is 75.6 cm³/mol. The summed E-state index contributed by atoms with van der Waals surface area (Å²) in [5.41, 5.74) is 6.77. The summed E-state index contributed by atoms with van der Waals surface area (Å²) in [7, 11) is 0. The number of nitrogens with one attached hydrogen (secondary N) is 1. The monoisotopic (exact) mass is 238 g/mol. The first kappa shape index (κ1) is 14.6. The summed E-state index contributed by atoms with van der Waals surface area (Å²) in [6.45, 7) is 12.8. The largest absolute Gasteiger partial charge is 0.387 e. The average Bonchev–Trinajstić information content (AvgIpc) is 2.27. The van der Waals surface area contributed by atoms with Gasteiger partial charge in [0.2, 0.25) is 0 Å². The molecule has 1 saturated carbocycles. The first-order chi connectivity index (χ1) is 8.04. The molecule has 0 radical (unpaired) electrons. The number of hydrogen-bond donors (Lipinski definition) is 2. The molecule has 0 saturated heterocycles. The van der Waals surface area contributed by atoms with E-state index < -0.39 is 0 Å². The molecule has 1 fully saturated rings. The van der Waals surface area contributed by atoms with Gasteiger partial charge in [-0.15, -0.1) is 0 Å². The Balaban J connectivity index is 2.57. The van der Waals surface area contributed by atoms with Crippen LogP contribution in [-0.4, -0.2) is 13.1 Å². The Morgan fingerprint density at radius 3 is 2.71 bits per heavy atom. The van der Waals surface area contributed by atoms with Gasteiger partial charge < -0.3 is 11.1 Å². The summed E-state index contributed by atoms with van der Waals surface area (Å²) in [4.78, 5) is 0. The van der Waals surface area contributed by atoms with E-state index in [0.29, 0.717) is 12.5 Å². The maximum atomic E-state index is 5.55. The first-order valence-electron chi connectivity index (χ1n) is 7.17. The lowest BCUT2D eigenvalue weighted by Gasteiger charge is -2.37. The van der Waals surface area contributed by atoms with E-state index in [-0.39, 0.29) is 0 Å². The highest BCUT2D eigenvalue weighted by atomic mass is 14.9. The zero-order chi connectivity index (χ0) is 12.8. The van der Waals surface area contributed by atoms with Gasteiger partial charge in [0, 0.05) is 24.7 Å². The van der Waals surface area contributed by atoms with Gasteiger partial charge in [-0.1, -0.05) is 33.8 Å². The van der Waals surface area contributed by atoms with Crippen molar-refractivity contribution < 1.29 is 0 Å². The van der Waals surface area contributed by atoms with E-state index in [2.05, 4.69) is 32.7 Å². The van der Waals surface area contributed by atoms with Crippen molar-refractivity contribution in [3.05, 3.63) is 12.3 Å². The third-order valence-electron chi connectivity index (χ3n) is 3.97. The summed E-state index contributed by atoms with van der Waals surface area (Å²) in [5, 5.41) is 3.41. The molecule has 17 heavy (non-hydrogen) atoms. The van der Waals surface area contributed by atoms with Crippen molar-refractivity contribution in [2.75, 3.05) is 13.1 Å². The van der Waals surface area contributed by atoms with Crippen LogP contribution in [0.25, 0.3) is 0 Å².